The Kier molecular flexibility index (Phi) is 7.14. The van der Waals surface area contributed by atoms with Gasteiger partial charge in [0.25, 0.3) is 0 Å². The average Bonchev–Trinajstić information content (AvgIpc) is 2.60. The number of ether oxygens (including phenoxy) is 2. The Hall–Kier alpha value is -2.65. The van der Waals surface area contributed by atoms with Crippen LogP contribution in [0.15, 0.2) is 29.3 Å². The molecule has 0 unspecified atom stereocenters. The molecular weight excluding hydrogens is 365 g/mol. The predicted octanol–water partition coefficient (Wildman–Crippen LogP) is 2.61. The first-order chi connectivity index (χ1) is 12.8. The van der Waals surface area contributed by atoms with Gasteiger partial charge in [-0.1, -0.05) is 18.2 Å². The van der Waals surface area contributed by atoms with Crippen molar-refractivity contribution >= 4 is 12.1 Å². The van der Waals surface area contributed by atoms with Crippen molar-refractivity contribution in [2.75, 3.05) is 19.7 Å². The summed E-state index contributed by atoms with van der Waals surface area (Å²) in [4.78, 5) is 17.4. The molecular formula is C17H23F3N4O3. The maximum Gasteiger partial charge on any atom is 0.573 e. The van der Waals surface area contributed by atoms with Gasteiger partial charge in [0.2, 0.25) is 0 Å². The van der Waals surface area contributed by atoms with E-state index in [9.17, 15) is 18.0 Å². The first-order valence-electron chi connectivity index (χ1n) is 8.60. The fourth-order valence-electron chi connectivity index (χ4n) is 2.70. The van der Waals surface area contributed by atoms with Crippen LogP contribution >= 0.6 is 0 Å². The molecule has 0 spiro atoms. The van der Waals surface area contributed by atoms with Gasteiger partial charge >= 0.3 is 12.5 Å². The molecule has 1 heterocycles. The molecule has 1 aromatic rings. The Labute approximate surface area is 155 Å². The van der Waals surface area contributed by atoms with E-state index in [4.69, 9.17) is 10.5 Å². The van der Waals surface area contributed by atoms with Gasteiger partial charge in [0, 0.05) is 24.7 Å². The number of para-hydroxylation sites is 1. The lowest BCUT2D eigenvalue weighted by molar-refractivity contribution is -0.274. The van der Waals surface area contributed by atoms with Crippen LogP contribution in [-0.2, 0) is 11.3 Å². The van der Waals surface area contributed by atoms with Crippen LogP contribution in [0.5, 0.6) is 5.75 Å². The summed E-state index contributed by atoms with van der Waals surface area (Å²) in [5.74, 6) is -0.171. The van der Waals surface area contributed by atoms with Crippen molar-refractivity contribution in [3.8, 4) is 5.75 Å². The number of carbonyl (C=O) groups is 1. The molecule has 1 saturated heterocycles. The first kappa shape index (κ1) is 20.7. The first-order valence-corrected chi connectivity index (χ1v) is 8.60. The summed E-state index contributed by atoms with van der Waals surface area (Å²) in [7, 11) is 0. The maximum absolute atomic E-state index is 12.4. The summed E-state index contributed by atoms with van der Waals surface area (Å²) in [6.07, 6.45) is -3.76. The van der Waals surface area contributed by atoms with E-state index in [1.54, 1.807) is 17.9 Å². The summed E-state index contributed by atoms with van der Waals surface area (Å²) >= 11 is 0. The highest BCUT2D eigenvalue weighted by molar-refractivity contribution is 5.78. The number of guanidine groups is 1. The number of alkyl halides is 3. The van der Waals surface area contributed by atoms with Crippen LogP contribution in [0.2, 0.25) is 0 Å². The van der Waals surface area contributed by atoms with E-state index in [1.807, 2.05) is 0 Å². The Bertz CT molecular complexity index is 659. The zero-order valence-electron chi connectivity index (χ0n) is 15.0. The predicted molar refractivity (Wildman–Crippen MR) is 93.2 cm³/mol. The molecule has 1 aliphatic heterocycles. The summed E-state index contributed by atoms with van der Waals surface area (Å²) in [6, 6.07) is 5.81. The van der Waals surface area contributed by atoms with E-state index < -0.39 is 6.36 Å². The van der Waals surface area contributed by atoms with Gasteiger partial charge < -0.3 is 25.4 Å². The van der Waals surface area contributed by atoms with E-state index in [1.165, 1.54) is 18.2 Å². The van der Waals surface area contributed by atoms with Crippen LogP contribution in [0, 0.1) is 0 Å². The molecule has 7 nitrogen and oxygen atoms in total. The molecule has 0 atom stereocenters. The number of benzene rings is 1. The number of nitrogens with one attached hydrogen (secondary N) is 1. The molecule has 2 rings (SSSR count). The van der Waals surface area contributed by atoms with Crippen LogP contribution in [0.25, 0.3) is 0 Å². The van der Waals surface area contributed by atoms with Crippen molar-refractivity contribution in [2.45, 2.75) is 38.7 Å². The van der Waals surface area contributed by atoms with Crippen LogP contribution in [0.3, 0.4) is 0 Å². The third-order valence-corrected chi connectivity index (χ3v) is 3.99. The average molecular weight is 388 g/mol. The fraction of sp³-hybridized carbons (Fsp3) is 0.529. The molecule has 1 fully saturated rings. The third kappa shape index (κ3) is 6.87. The lowest BCUT2D eigenvalue weighted by Gasteiger charge is -2.31. The monoisotopic (exact) mass is 388 g/mol. The molecule has 0 bridgehead atoms. The summed E-state index contributed by atoms with van der Waals surface area (Å²) in [5, 5.41) is 3.03. The number of carbonyl (C=O) groups excluding carboxylic acids is 1. The number of nitrogens with zero attached hydrogens (tertiary/aromatic N) is 2. The topological polar surface area (TPSA) is 89.2 Å². The zero-order valence-corrected chi connectivity index (χ0v) is 15.0. The Morgan fingerprint density at radius 1 is 1.33 bits per heavy atom. The molecule has 150 valence electrons. The quantitative estimate of drug-likeness (QED) is 0.598. The van der Waals surface area contributed by atoms with E-state index >= 15 is 0 Å². The summed E-state index contributed by atoms with van der Waals surface area (Å²) in [5.41, 5.74) is 6.12. The van der Waals surface area contributed by atoms with Gasteiger partial charge in [-0.15, -0.1) is 13.2 Å². The van der Waals surface area contributed by atoms with Crippen molar-refractivity contribution in [1.29, 1.82) is 0 Å². The number of aliphatic imine (C=N–C) groups is 1. The molecule has 1 amide bonds. The second kappa shape index (κ2) is 9.33. The fourth-order valence-corrected chi connectivity index (χ4v) is 2.70. The van der Waals surface area contributed by atoms with Crippen LogP contribution in [-0.4, -0.2) is 49.1 Å². The molecule has 10 heteroatoms. The minimum atomic E-state index is -4.77. The number of nitrogens with two attached hydrogens (primary N) is 1. The van der Waals surface area contributed by atoms with E-state index in [-0.39, 0.29) is 36.0 Å². The van der Waals surface area contributed by atoms with Gasteiger partial charge in [-0.3, -0.25) is 0 Å². The number of halogens is 3. The normalized spacial score (nSPS) is 16.1. The smallest absolute Gasteiger partial charge is 0.450 e. The minimum absolute atomic E-state index is 0.0288. The van der Waals surface area contributed by atoms with Gasteiger partial charge in [-0.25, -0.2) is 9.79 Å². The molecule has 0 aliphatic carbocycles. The van der Waals surface area contributed by atoms with Crippen LogP contribution in [0.1, 0.15) is 25.3 Å². The van der Waals surface area contributed by atoms with Gasteiger partial charge in [-0.2, -0.15) is 0 Å². The number of amides is 1. The number of likely N-dealkylation sites (tertiary alicyclic amines) is 1. The van der Waals surface area contributed by atoms with Crippen LogP contribution in [0.4, 0.5) is 18.0 Å². The summed E-state index contributed by atoms with van der Waals surface area (Å²) < 4.78 is 46.2. The van der Waals surface area contributed by atoms with Crippen molar-refractivity contribution in [3.05, 3.63) is 29.8 Å². The van der Waals surface area contributed by atoms with Gasteiger partial charge in [0.05, 0.1) is 13.2 Å². The molecule has 1 aromatic carbocycles. The standard InChI is InChI=1S/C17H23F3N4O3/c1-2-26-16(25)24-9-7-13(8-10-24)23-15(21)22-11-12-5-3-4-6-14(12)27-17(18,19)20/h3-6,13H,2,7-11H2,1H3,(H3,21,22,23). The number of hydrogen-bond donors (Lipinski definition) is 2. The number of hydrogen-bond acceptors (Lipinski definition) is 4. The molecule has 0 saturated carbocycles. The second-order valence-electron chi connectivity index (χ2n) is 5.96. The SMILES string of the molecule is CCOC(=O)N1CCC(NC(N)=NCc2ccccc2OC(F)(F)F)CC1. The van der Waals surface area contributed by atoms with Gasteiger partial charge in [0.1, 0.15) is 5.75 Å². The number of rotatable bonds is 5. The van der Waals surface area contributed by atoms with E-state index in [2.05, 4.69) is 15.0 Å². The highest BCUT2D eigenvalue weighted by Gasteiger charge is 2.32. The molecule has 3 N–H and O–H groups in total. The van der Waals surface area contributed by atoms with Gasteiger partial charge in [-0.05, 0) is 25.8 Å². The molecule has 0 radical (unpaired) electrons. The Morgan fingerprint density at radius 3 is 2.63 bits per heavy atom. The van der Waals surface area contributed by atoms with Gasteiger partial charge in [0.15, 0.2) is 5.96 Å². The highest BCUT2D eigenvalue weighted by atomic mass is 19.4. The van der Waals surface area contributed by atoms with E-state index in [0.29, 0.717) is 32.5 Å². The van der Waals surface area contributed by atoms with Crippen LogP contribution < -0.4 is 15.8 Å². The molecule has 27 heavy (non-hydrogen) atoms. The zero-order chi connectivity index (χ0) is 19.9. The lowest BCUT2D eigenvalue weighted by Crippen LogP contribution is -2.48. The van der Waals surface area contributed by atoms with Crippen molar-refractivity contribution < 1.29 is 27.4 Å². The second-order valence-corrected chi connectivity index (χ2v) is 5.96. The maximum atomic E-state index is 12.4. The molecule has 0 aromatic heterocycles. The van der Waals surface area contributed by atoms with Crippen molar-refractivity contribution in [2.24, 2.45) is 10.7 Å². The highest BCUT2D eigenvalue weighted by Crippen LogP contribution is 2.26. The Morgan fingerprint density at radius 2 is 2.00 bits per heavy atom. The lowest BCUT2D eigenvalue weighted by atomic mass is 10.1. The Balaban J connectivity index is 1.86. The third-order valence-electron chi connectivity index (χ3n) is 3.99. The number of piperidine rings is 1. The molecule has 1 aliphatic rings. The van der Waals surface area contributed by atoms with Crippen molar-refractivity contribution in [3.63, 3.8) is 0 Å². The van der Waals surface area contributed by atoms with E-state index in [0.717, 1.165) is 0 Å². The van der Waals surface area contributed by atoms with Crippen molar-refractivity contribution in [1.82, 2.24) is 10.2 Å². The summed E-state index contributed by atoms with van der Waals surface area (Å²) in [6.45, 7) is 3.10. The minimum Gasteiger partial charge on any atom is -0.450 e. The largest absolute Gasteiger partial charge is 0.573 e.